The molecule has 7 heteroatoms. The first-order chi connectivity index (χ1) is 12.0. The van der Waals surface area contributed by atoms with Crippen molar-refractivity contribution < 1.29 is 8.42 Å². The van der Waals surface area contributed by atoms with Crippen molar-refractivity contribution in [3.05, 3.63) is 65.0 Å². The molecule has 25 heavy (non-hydrogen) atoms. The van der Waals surface area contributed by atoms with E-state index >= 15 is 0 Å². The number of nitriles is 1. The molecule has 1 heterocycles. The minimum Gasteiger partial charge on any atom is -0.255 e. The summed E-state index contributed by atoms with van der Waals surface area (Å²) in [7, 11) is -3.78. The summed E-state index contributed by atoms with van der Waals surface area (Å²) >= 11 is 1.22. The molecule has 1 N–H and O–H groups in total. The van der Waals surface area contributed by atoms with Gasteiger partial charge in [0.15, 0.2) is 5.13 Å². The third-order valence-electron chi connectivity index (χ3n) is 3.66. The standard InChI is InChI=1S/C18H15N3O2S2/c1-2-13-6-8-15(9-7-13)17-12-24-18(20-17)21-25(22,23)16-5-3-4-14(10-16)11-19/h3-10,12H,2H2,1H3,(H,20,21). The third kappa shape index (κ3) is 3.87. The van der Waals surface area contributed by atoms with Gasteiger partial charge in [-0.2, -0.15) is 5.26 Å². The predicted octanol–water partition coefficient (Wildman–Crippen LogP) is 4.04. The van der Waals surface area contributed by atoms with Crippen molar-refractivity contribution in [3.8, 4) is 17.3 Å². The molecule has 0 saturated carbocycles. The second kappa shape index (κ2) is 7.05. The van der Waals surface area contributed by atoms with E-state index in [1.165, 1.54) is 35.1 Å². The molecular formula is C18H15N3O2S2. The van der Waals surface area contributed by atoms with E-state index in [-0.39, 0.29) is 10.0 Å². The molecule has 0 unspecified atom stereocenters. The molecule has 0 aliphatic rings. The number of thiazole rings is 1. The maximum atomic E-state index is 12.4. The van der Waals surface area contributed by atoms with Gasteiger partial charge in [0.05, 0.1) is 22.2 Å². The van der Waals surface area contributed by atoms with Gasteiger partial charge in [-0.15, -0.1) is 11.3 Å². The van der Waals surface area contributed by atoms with Crippen LogP contribution in [0.2, 0.25) is 0 Å². The van der Waals surface area contributed by atoms with Crippen LogP contribution in [0.15, 0.2) is 58.8 Å². The predicted molar refractivity (Wildman–Crippen MR) is 98.9 cm³/mol. The molecule has 3 rings (SSSR count). The van der Waals surface area contributed by atoms with Gasteiger partial charge in [-0.05, 0) is 30.2 Å². The van der Waals surface area contributed by atoms with E-state index in [4.69, 9.17) is 5.26 Å². The second-order valence-corrected chi connectivity index (χ2v) is 7.87. The van der Waals surface area contributed by atoms with Gasteiger partial charge in [0, 0.05) is 10.9 Å². The Balaban J connectivity index is 1.83. The fourth-order valence-corrected chi connectivity index (χ4v) is 4.29. The van der Waals surface area contributed by atoms with E-state index in [0.717, 1.165) is 17.7 Å². The van der Waals surface area contributed by atoms with Crippen LogP contribution in [0.4, 0.5) is 5.13 Å². The Morgan fingerprint density at radius 3 is 2.64 bits per heavy atom. The summed E-state index contributed by atoms with van der Waals surface area (Å²) in [5.74, 6) is 0. The Bertz CT molecular complexity index is 1030. The zero-order chi connectivity index (χ0) is 17.9. The molecule has 0 spiro atoms. The smallest absolute Gasteiger partial charge is 0.255 e. The zero-order valence-electron chi connectivity index (χ0n) is 13.4. The Morgan fingerprint density at radius 1 is 1.20 bits per heavy atom. The molecule has 0 amide bonds. The Kier molecular flexibility index (Phi) is 4.83. The maximum absolute atomic E-state index is 12.4. The van der Waals surface area contributed by atoms with Crippen LogP contribution in [0.25, 0.3) is 11.3 Å². The average molecular weight is 369 g/mol. The number of hydrogen-bond donors (Lipinski definition) is 1. The molecule has 5 nitrogen and oxygen atoms in total. The normalized spacial score (nSPS) is 11.0. The first kappa shape index (κ1) is 17.1. The number of benzene rings is 2. The lowest BCUT2D eigenvalue weighted by Crippen LogP contribution is -2.12. The highest BCUT2D eigenvalue weighted by Gasteiger charge is 2.17. The van der Waals surface area contributed by atoms with Gasteiger partial charge in [0.1, 0.15) is 0 Å². The van der Waals surface area contributed by atoms with E-state index in [1.807, 2.05) is 35.7 Å². The van der Waals surface area contributed by atoms with Crippen LogP contribution < -0.4 is 4.72 Å². The van der Waals surface area contributed by atoms with Gasteiger partial charge < -0.3 is 0 Å². The molecule has 0 bridgehead atoms. The van der Waals surface area contributed by atoms with Crippen LogP contribution in [0.5, 0.6) is 0 Å². The van der Waals surface area contributed by atoms with Gasteiger partial charge in [-0.25, -0.2) is 13.4 Å². The molecule has 2 aromatic carbocycles. The number of sulfonamides is 1. The minimum atomic E-state index is -3.78. The number of rotatable bonds is 5. The van der Waals surface area contributed by atoms with E-state index in [1.54, 1.807) is 6.07 Å². The van der Waals surface area contributed by atoms with Crippen LogP contribution in [0.3, 0.4) is 0 Å². The molecule has 0 aliphatic heterocycles. The lowest BCUT2D eigenvalue weighted by atomic mass is 10.1. The summed E-state index contributed by atoms with van der Waals surface area (Å²) in [6, 6.07) is 15.8. The van der Waals surface area contributed by atoms with Crippen molar-refractivity contribution in [2.24, 2.45) is 0 Å². The van der Waals surface area contributed by atoms with Crippen molar-refractivity contribution in [1.82, 2.24) is 4.98 Å². The summed E-state index contributed by atoms with van der Waals surface area (Å²) in [6.45, 7) is 2.09. The first-order valence-electron chi connectivity index (χ1n) is 7.59. The van der Waals surface area contributed by atoms with Crippen LogP contribution in [0.1, 0.15) is 18.1 Å². The van der Waals surface area contributed by atoms with Gasteiger partial charge in [-0.3, -0.25) is 4.72 Å². The number of aromatic nitrogens is 1. The number of aryl methyl sites for hydroxylation is 1. The van der Waals surface area contributed by atoms with Crippen LogP contribution in [0, 0.1) is 11.3 Å². The lowest BCUT2D eigenvalue weighted by Gasteiger charge is -2.05. The van der Waals surface area contributed by atoms with Crippen molar-refractivity contribution in [2.75, 3.05) is 4.72 Å². The van der Waals surface area contributed by atoms with Crippen molar-refractivity contribution in [2.45, 2.75) is 18.2 Å². The third-order valence-corrected chi connectivity index (χ3v) is 5.88. The lowest BCUT2D eigenvalue weighted by molar-refractivity contribution is 0.601. The SMILES string of the molecule is CCc1ccc(-c2csc(NS(=O)(=O)c3cccc(C#N)c3)n2)cc1. The van der Waals surface area contributed by atoms with Gasteiger partial charge in [-0.1, -0.05) is 37.3 Å². The molecule has 1 aromatic heterocycles. The summed E-state index contributed by atoms with van der Waals surface area (Å²) in [5.41, 5.74) is 3.18. The van der Waals surface area contributed by atoms with Gasteiger partial charge >= 0.3 is 0 Å². The topological polar surface area (TPSA) is 82.9 Å². The number of anilines is 1. The highest BCUT2D eigenvalue weighted by Crippen LogP contribution is 2.27. The first-order valence-corrected chi connectivity index (χ1v) is 9.96. The van der Waals surface area contributed by atoms with E-state index in [9.17, 15) is 8.42 Å². The molecule has 0 atom stereocenters. The summed E-state index contributed by atoms with van der Waals surface area (Å²) in [6.07, 6.45) is 0.962. The van der Waals surface area contributed by atoms with Crippen molar-refractivity contribution >= 4 is 26.5 Å². The summed E-state index contributed by atoms with van der Waals surface area (Å²) < 4.78 is 27.4. The van der Waals surface area contributed by atoms with Gasteiger partial charge in [0.2, 0.25) is 0 Å². The summed E-state index contributed by atoms with van der Waals surface area (Å²) in [4.78, 5) is 4.39. The van der Waals surface area contributed by atoms with E-state index < -0.39 is 10.0 Å². The Morgan fingerprint density at radius 2 is 1.96 bits per heavy atom. The molecule has 0 saturated heterocycles. The Hall–Kier alpha value is -2.69. The minimum absolute atomic E-state index is 0.0376. The van der Waals surface area contributed by atoms with E-state index in [2.05, 4.69) is 16.6 Å². The fraction of sp³-hybridized carbons (Fsp3) is 0.111. The molecule has 3 aromatic rings. The quantitative estimate of drug-likeness (QED) is 0.735. The molecule has 0 aliphatic carbocycles. The largest absolute Gasteiger partial charge is 0.263 e. The number of nitrogens with one attached hydrogen (secondary N) is 1. The Labute approximate surface area is 150 Å². The van der Waals surface area contributed by atoms with Crippen molar-refractivity contribution in [1.29, 1.82) is 5.26 Å². The van der Waals surface area contributed by atoms with Crippen LogP contribution in [-0.4, -0.2) is 13.4 Å². The number of hydrogen-bond acceptors (Lipinski definition) is 5. The second-order valence-electron chi connectivity index (χ2n) is 5.33. The number of nitrogens with zero attached hydrogens (tertiary/aromatic N) is 2. The fourth-order valence-electron chi connectivity index (χ4n) is 2.27. The molecule has 0 fully saturated rings. The average Bonchev–Trinajstić information content (AvgIpc) is 3.09. The monoisotopic (exact) mass is 369 g/mol. The van der Waals surface area contributed by atoms with Crippen LogP contribution in [-0.2, 0) is 16.4 Å². The van der Waals surface area contributed by atoms with E-state index in [0.29, 0.717) is 5.56 Å². The highest BCUT2D eigenvalue weighted by atomic mass is 32.2. The van der Waals surface area contributed by atoms with Crippen LogP contribution >= 0.6 is 11.3 Å². The van der Waals surface area contributed by atoms with Crippen molar-refractivity contribution in [3.63, 3.8) is 0 Å². The molecule has 126 valence electrons. The highest BCUT2D eigenvalue weighted by molar-refractivity contribution is 7.93. The summed E-state index contributed by atoms with van der Waals surface area (Å²) in [5, 5.41) is 11.0. The molecular weight excluding hydrogens is 354 g/mol. The zero-order valence-corrected chi connectivity index (χ0v) is 15.1. The maximum Gasteiger partial charge on any atom is 0.263 e. The van der Waals surface area contributed by atoms with Gasteiger partial charge in [0.25, 0.3) is 10.0 Å². The molecule has 0 radical (unpaired) electrons.